The van der Waals surface area contributed by atoms with Gasteiger partial charge >= 0.3 is 5.97 Å². The lowest BCUT2D eigenvalue weighted by Gasteiger charge is -2.09. The van der Waals surface area contributed by atoms with Crippen LogP contribution >= 0.6 is 11.8 Å². The van der Waals surface area contributed by atoms with E-state index >= 15 is 0 Å². The first-order chi connectivity index (χ1) is 9.11. The molecule has 0 bridgehead atoms. The molecular formula is C12H11FN2O3S. The van der Waals surface area contributed by atoms with Crippen molar-refractivity contribution in [2.24, 2.45) is 0 Å². The highest BCUT2D eigenvalue weighted by molar-refractivity contribution is 7.99. The maximum Gasteiger partial charge on any atom is 0.313 e. The Hall–Kier alpha value is -2.02. The van der Waals surface area contributed by atoms with Crippen LogP contribution in [0.15, 0.2) is 35.7 Å². The summed E-state index contributed by atoms with van der Waals surface area (Å²) in [4.78, 5) is 14.6. The van der Waals surface area contributed by atoms with Crippen molar-refractivity contribution in [2.75, 3.05) is 12.9 Å². The van der Waals surface area contributed by atoms with Crippen LogP contribution in [0.4, 0.5) is 4.39 Å². The lowest BCUT2D eigenvalue weighted by Crippen LogP contribution is -2.03. The molecule has 0 amide bonds. The van der Waals surface area contributed by atoms with Crippen molar-refractivity contribution in [3.8, 4) is 11.4 Å². The molecule has 1 aromatic carbocycles. The first-order valence-electron chi connectivity index (χ1n) is 5.33. The molecule has 0 atom stereocenters. The van der Waals surface area contributed by atoms with E-state index in [2.05, 4.69) is 4.98 Å². The number of hydrogen-bond donors (Lipinski definition) is 1. The Labute approximate surface area is 113 Å². The number of ether oxygens (including phenoxy) is 1. The van der Waals surface area contributed by atoms with Crippen molar-refractivity contribution < 1.29 is 19.0 Å². The van der Waals surface area contributed by atoms with Gasteiger partial charge in [0.15, 0.2) is 5.16 Å². The van der Waals surface area contributed by atoms with E-state index in [9.17, 15) is 9.18 Å². The number of thioether (sulfide) groups is 1. The summed E-state index contributed by atoms with van der Waals surface area (Å²) in [5, 5.41) is 9.07. The topological polar surface area (TPSA) is 64.4 Å². The third-order valence-corrected chi connectivity index (χ3v) is 3.30. The molecule has 0 radical (unpaired) electrons. The van der Waals surface area contributed by atoms with Gasteiger partial charge in [0.1, 0.15) is 11.6 Å². The summed E-state index contributed by atoms with van der Waals surface area (Å²) in [6, 6.07) is 4.33. The van der Waals surface area contributed by atoms with E-state index in [-0.39, 0.29) is 11.4 Å². The molecule has 1 N–H and O–H groups in total. The monoisotopic (exact) mass is 282 g/mol. The number of nitrogens with zero attached hydrogens (tertiary/aromatic N) is 2. The average Bonchev–Trinajstić information content (AvgIpc) is 2.85. The molecule has 0 spiro atoms. The summed E-state index contributed by atoms with van der Waals surface area (Å²) in [5.74, 6) is -1.01. The first kappa shape index (κ1) is 13.4. The van der Waals surface area contributed by atoms with Crippen LogP contribution in [-0.4, -0.2) is 33.5 Å². The van der Waals surface area contributed by atoms with Crippen LogP contribution in [-0.2, 0) is 4.79 Å². The Morgan fingerprint density at radius 2 is 2.37 bits per heavy atom. The van der Waals surface area contributed by atoms with E-state index in [1.54, 1.807) is 6.20 Å². The summed E-state index contributed by atoms with van der Waals surface area (Å²) in [6.45, 7) is 0. The molecule has 0 saturated carbocycles. The van der Waals surface area contributed by atoms with Crippen molar-refractivity contribution in [1.29, 1.82) is 0 Å². The summed E-state index contributed by atoms with van der Waals surface area (Å²) in [6.07, 6.45) is 3.06. The summed E-state index contributed by atoms with van der Waals surface area (Å²) >= 11 is 1.02. The van der Waals surface area contributed by atoms with Gasteiger partial charge in [0.05, 0.1) is 18.6 Å². The zero-order chi connectivity index (χ0) is 13.8. The average molecular weight is 282 g/mol. The van der Waals surface area contributed by atoms with Gasteiger partial charge in [-0.3, -0.25) is 9.36 Å². The number of halogens is 1. The number of aliphatic carboxylic acids is 1. The lowest BCUT2D eigenvalue weighted by molar-refractivity contribution is -0.133. The van der Waals surface area contributed by atoms with Gasteiger partial charge in [-0.15, -0.1) is 0 Å². The molecule has 0 aliphatic heterocycles. The second-order valence-electron chi connectivity index (χ2n) is 3.58. The van der Waals surface area contributed by atoms with E-state index in [4.69, 9.17) is 9.84 Å². The molecule has 2 rings (SSSR count). The predicted molar refractivity (Wildman–Crippen MR) is 68.4 cm³/mol. The quantitative estimate of drug-likeness (QED) is 0.852. The van der Waals surface area contributed by atoms with Gasteiger partial charge < -0.3 is 9.84 Å². The normalized spacial score (nSPS) is 10.4. The van der Waals surface area contributed by atoms with Crippen LogP contribution in [0.2, 0.25) is 0 Å². The highest BCUT2D eigenvalue weighted by Crippen LogP contribution is 2.25. The van der Waals surface area contributed by atoms with E-state index in [1.807, 2.05) is 0 Å². The fourth-order valence-electron chi connectivity index (χ4n) is 1.51. The SMILES string of the molecule is COc1ccc(F)c(-n2ccnc2SCC(=O)O)c1. The van der Waals surface area contributed by atoms with E-state index in [0.29, 0.717) is 10.9 Å². The van der Waals surface area contributed by atoms with Gasteiger partial charge in [0, 0.05) is 18.5 Å². The molecule has 0 saturated heterocycles. The van der Waals surface area contributed by atoms with Crippen LogP contribution in [0, 0.1) is 5.82 Å². The molecule has 0 fully saturated rings. The van der Waals surface area contributed by atoms with Gasteiger partial charge in [0.25, 0.3) is 0 Å². The zero-order valence-electron chi connectivity index (χ0n) is 10.0. The van der Waals surface area contributed by atoms with Gasteiger partial charge in [-0.25, -0.2) is 9.37 Å². The van der Waals surface area contributed by atoms with Crippen molar-refractivity contribution in [3.05, 3.63) is 36.4 Å². The van der Waals surface area contributed by atoms with Crippen LogP contribution in [0.25, 0.3) is 5.69 Å². The summed E-state index contributed by atoms with van der Waals surface area (Å²) < 4.78 is 20.4. The Morgan fingerprint density at radius 1 is 1.58 bits per heavy atom. The number of carboxylic acids is 1. The fourth-order valence-corrected chi connectivity index (χ4v) is 2.20. The highest BCUT2D eigenvalue weighted by Gasteiger charge is 2.12. The predicted octanol–water partition coefficient (Wildman–Crippen LogP) is 2.20. The van der Waals surface area contributed by atoms with E-state index < -0.39 is 11.8 Å². The molecule has 1 aromatic heterocycles. The number of imidazole rings is 1. The van der Waals surface area contributed by atoms with E-state index in [0.717, 1.165) is 11.8 Å². The zero-order valence-corrected chi connectivity index (χ0v) is 10.9. The second kappa shape index (κ2) is 5.75. The highest BCUT2D eigenvalue weighted by atomic mass is 32.2. The minimum Gasteiger partial charge on any atom is -0.497 e. The summed E-state index contributed by atoms with van der Waals surface area (Å²) in [5.41, 5.74) is 0.268. The third-order valence-electron chi connectivity index (χ3n) is 2.34. The maximum absolute atomic E-state index is 13.8. The Balaban J connectivity index is 2.36. The molecule has 0 aliphatic carbocycles. The minimum atomic E-state index is -0.953. The minimum absolute atomic E-state index is 0.136. The molecule has 1 heterocycles. The molecular weight excluding hydrogens is 271 g/mol. The fraction of sp³-hybridized carbons (Fsp3) is 0.167. The number of methoxy groups -OCH3 is 1. The van der Waals surface area contributed by atoms with Gasteiger partial charge in [-0.1, -0.05) is 11.8 Å². The third kappa shape index (κ3) is 3.05. The lowest BCUT2D eigenvalue weighted by atomic mass is 10.3. The van der Waals surface area contributed by atoms with Gasteiger partial charge in [0.2, 0.25) is 0 Å². The Morgan fingerprint density at radius 3 is 3.05 bits per heavy atom. The first-order valence-corrected chi connectivity index (χ1v) is 6.32. The van der Waals surface area contributed by atoms with Crippen molar-refractivity contribution in [2.45, 2.75) is 5.16 Å². The number of rotatable bonds is 5. The number of carbonyl (C=O) groups is 1. The maximum atomic E-state index is 13.8. The number of carboxylic acid groups (broad SMARTS) is 1. The summed E-state index contributed by atoms with van der Waals surface area (Å²) in [7, 11) is 1.49. The standard InChI is InChI=1S/C12H11FN2O3S/c1-18-8-2-3-9(13)10(6-8)15-5-4-14-12(15)19-7-11(16)17/h2-6H,7H2,1H3,(H,16,17). The molecule has 100 valence electrons. The molecule has 7 heteroatoms. The van der Waals surface area contributed by atoms with Crippen LogP contribution in [0.1, 0.15) is 0 Å². The number of benzene rings is 1. The molecule has 5 nitrogen and oxygen atoms in total. The molecule has 2 aromatic rings. The number of hydrogen-bond acceptors (Lipinski definition) is 4. The van der Waals surface area contributed by atoms with Gasteiger partial charge in [-0.2, -0.15) is 0 Å². The largest absolute Gasteiger partial charge is 0.497 e. The Kier molecular flexibility index (Phi) is 4.06. The smallest absolute Gasteiger partial charge is 0.313 e. The Bertz CT molecular complexity index is 600. The number of aromatic nitrogens is 2. The van der Waals surface area contributed by atoms with Crippen molar-refractivity contribution in [1.82, 2.24) is 9.55 Å². The molecule has 19 heavy (non-hydrogen) atoms. The van der Waals surface area contributed by atoms with Crippen LogP contribution < -0.4 is 4.74 Å². The van der Waals surface area contributed by atoms with E-state index in [1.165, 1.54) is 36.1 Å². The van der Waals surface area contributed by atoms with Crippen LogP contribution in [0.5, 0.6) is 5.75 Å². The second-order valence-corrected chi connectivity index (χ2v) is 4.52. The van der Waals surface area contributed by atoms with Crippen LogP contribution in [0.3, 0.4) is 0 Å². The van der Waals surface area contributed by atoms with Crippen molar-refractivity contribution in [3.63, 3.8) is 0 Å². The molecule has 0 aliphatic rings. The molecule has 0 unspecified atom stereocenters. The van der Waals surface area contributed by atoms with Gasteiger partial charge in [-0.05, 0) is 12.1 Å². The van der Waals surface area contributed by atoms with Crippen molar-refractivity contribution >= 4 is 17.7 Å².